The first-order valence-electron chi connectivity index (χ1n) is 8.28. The van der Waals surface area contributed by atoms with Gasteiger partial charge in [-0.15, -0.1) is 11.8 Å². The lowest BCUT2D eigenvalue weighted by atomic mass is 10.1. The van der Waals surface area contributed by atoms with Crippen LogP contribution < -0.4 is 14.9 Å². The van der Waals surface area contributed by atoms with Crippen LogP contribution in [0.4, 0.5) is 21.9 Å². The predicted octanol–water partition coefficient (Wildman–Crippen LogP) is 3.76. The van der Waals surface area contributed by atoms with Crippen LogP contribution >= 0.6 is 11.8 Å². The van der Waals surface area contributed by atoms with Gasteiger partial charge in [0.05, 0.1) is 11.4 Å². The number of benzene rings is 2. The molecule has 0 fully saturated rings. The molecule has 0 saturated heterocycles. The van der Waals surface area contributed by atoms with Crippen molar-refractivity contribution in [2.45, 2.75) is 18.2 Å². The molecular weight excluding hydrogens is 370 g/mol. The summed E-state index contributed by atoms with van der Waals surface area (Å²) in [4.78, 5) is 13.3. The van der Waals surface area contributed by atoms with Crippen molar-refractivity contribution in [2.24, 2.45) is 0 Å². The van der Waals surface area contributed by atoms with Crippen LogP contribution in [0.5, 0.6) is 0 Å². The van der Waals surface area contributed by atoms with Gasteiger partial charge in [-0.2, -0.15) is 0 Å². The van der Waals surface area contributed by atoms with Crippen molar-refractivity contribution in [1.82, 2.24) is 0 Å². The van der Waals surface area contributed by atoms with E-state index in [0.717, 1.165) is 10.5 Å². The van der Waals surface area contributed by atoms with Crippen LogP contribution in [-0.2, 0) is 16.4 Å². The quantitative estimate of drug-likeness (QED) is 0.761. The van der Waals surface area contributed by atoms with Gasteiger partial charge in [-0.05, 0) is 55.5 Å². The summed E-state index contributed by atoms with van der Waals surface area (Å²) < 4.78 is 25.9. The molecule has 0 saturated carbocycles. The SMILES string of the molecule is CCS(=O)(=O)N1CCc2ccc(NC(=O)Nc3cccc(SC)c3)cc21. The van der Waals surface area contributed by atoms with E-state index in [4.69, 9.17) is 0 Å². The van der Waals surface area contributed by atoms with Gasteiger partial charge in [0.15, 0.2) is 0 Å². The lowest BCUT2D eigenvalue weighted by Gasteiger charge is -2.19. The number of carbonyl (C=O) groups is 1. The Morgan fingerprint density at radius 3 is 2.58 bits per heavy atom. The molecular formula is C18H21N3O3S2. The molecule has 8 heteroatoms. The number of nitrogens with one attached hydrogen (secondary N) is 2. The van der Waals surface area contributed by atoms with Crippen molar-refractivity contribution < 1.29 is 13.2 Å². The van der Waals surface area contributed by atoms with E-state index < -0.39 is 10.0 Å². The topological polar surface area (TPSA) is 78.5 Å². The normalized spacial score (nSPS) is 13.4. The lowest BCUT2D eigenvalue weighted by molar-refractivity contribution is 0.262. The van der Waals surface area contributed by atoms with Crippen molar-refractivity contribution >= 4 is 44.9 Å². The second kappa shape index (κ2) is 7.59. The van der Waals surface area contributed by atoms with Crippen LogP contribution in [0.3, 0.4) is 0 Å². The van der Waals surface area contributed by atoms with E-state index in [1.807, 2.05) is 36.6 Å². The van der Waals surface area contributed by atoms with Crippen LogP contribution in [0.25, 0.3) is 0 Å². The Kier molecular flexibility index (Phi) is 5.43. The minimum absolute atomic E-state index is 0.0519. The molecule has 2 amide bonds. The molecule has 0 atom stereocenters. The fourth-order valence-electron chi connectivity index (χ4n) is 2.87. The first kappa shape index (κ1) is 18.6. The third-order valence-electron chi connectivity index (χ3n) is 4.22. The number of anilines is 3. The first-order valence-corrected chi connectivity index (χ1v) is 11.1. The number of nitrogens with zero attached hydrogens (tertiary/aromatic N) is 1. The fourth-order valence-corrected chi connectivity index (χ4v) is 4.48. The smallest absolute Gasteiger partial charge is 0.308 e. The fraction of sp³-hybridized carbons (Fsp3) is 0.278. The van der Waals surface area contributed by atoms with Gasteiger partial charge < -0.3 is 10.6 Å². The van der Waals surface area contributed by atoms with E-state index >= 15 is 0 Å². The largest absolute Gasteiger partial charge is 0.323 e. The molecule has 0 aromatic heterocycles. The standard InChI is InChI=1S/C18H21N3O3S2/c1-3-26(23,24)21-10-9-13-7-8-15(12-17(13)21)20-18(22)19-14-5-4-6-16(11-14)25-2/h4-8,11-12H,3,9-10H2,1-2H3,(H2,19,20,22). The van der Waals surface area contributed by atoms with Crippen molar-refractivity contribution in [1.29, 1.82) is 0 Å². The van der Waals surface area contributed by atoms with Gasteiger partial charge in [-0.1, -0.05) is 12.1 Å². The minimum atomic E-state index is -3.31. The summed E-state index contributed by atoms with van der Waals surface area (Å²) in [5.74, 6) is 0.0519. The maximum Gasteiger partial charge on any atom is 0.323 e. The highest BCUT2D eigenvalue weighted by Gasteiger charge is 2.28. The van der Waals surface area contributed by atoms with Gasteiger partial charge in [0, 0.05) is 22.8 Å². The maximum absolute atomic E-state index is 12.3. The molecule has 1 heterocycles. The highest BCUT2D eigenvalue weighted by Crippen LogP contribution is 2.33. The molecule has 3 rings (SSSR count). The van der Waals surface area contributed by atoms with E-state index in [-0.39, 0.29) is 11.8 Å². The average molecular weight is 392 g/mol. The predicted molar refractivity (Wildman–Crippen MR) is 108 cm³/mol. The van der Waals surface area contributed by atoms with Crippen molar-refractivity contribution in [2.75, 3.05) is 33.5 Å². The van der Waals surface area contributed by atoms with E-state index in [1.54, 1.807) is 30.8 Å². The molecule has 1 aliphatic rings. The van der Waals surface area contributed by atoms with E-state index in [2.05, 4.69) is 10.6 Å². The van der Waals surface area contributed by atoms with E-state index in [0.29, 0.717) is 30.0 Å². The summed E-state index contributed by atoms with van der Waals surface area (Å²) >= 11 is 1.60. The van der Waals surface area contributed by atoms with Crippen molar-refractivity contribution in [3.05, 3.63) is 48.0 Å². The van der Waals surface area contributed by atoms with E-state index in [9.17, 15) is 13.2 Å². The summed E-state index contributed by atoms with van der Waals surface area (Å²) in [5.41, 5.74) is 2.88. The van der Waals surface area contributed by atoms with Crippen LogP contribution in [-0.4, -0.2) is 33.0 Å². The number of hydrogen-bond acceptors (Lipinski definition) is 4. The summed E-state index contributed by atoms with van der Waals surface area (Å²) in [5, 5.41) is 5.56. The highest BCUT2D eigenvalue weighted by molar-refractivity contribution is 7.98. The van der Waals surface area contributed by atoms with Crippen LogP contribution in [0.1, 0.15) is 12.5 Å². The summed E-state index contributed by atoms with van der Waals surface area (Å²) in [6, 6.07) is 12.6. The number of hydrogen-bond donors (Lipinski definition) is 2. The van der Waals surface area contributed by atoms with Gasteiger partial charge in [-0.3, -0.25) is 4.31 Å². The number of sulfonamides is 1. The zero-order valence-corrected chi connectivity index (χ0v) is 16.3. The minimum Gasteiger partial charge on any atom is -0.308 e. The monoisotopic (exact) mass is 391 g/mol. The number of carbonyl (C=O) groups excluding carboxylic acids is 1. The molecule has 0 spiro atoms. The maximum atomic E-state index is 12.3. The van der Waals surface area contributed by atoms with Gasteiger partial charge in [-0.25, -0.2) is 13.2 Å². The zero-order chi connectivity index (χ0) is 18.7. The Hall–Kier alpha value is -2.19. The summed E-state index contributed by atoms with van der Waals surface area (Å²) in [6.07, 6.45) is 2.66. The highest BCUT2D eigenvalue weighted by atomic mass is 32.2. The van der Waals surface area contributed by atoms with Crippen molar-refractivity contribution in [3.8, 4) is 0 Å². The number of rotatable bonds is 5. The van der Waals surface area contributed by atoms with Crippen LogP contribution in [0.2, 0.25) is 0 Å². The van der Waals surface area contributed by atoms with Crippen LogP contribution in [0, 0.1) is 0 Å². The summed E-state index contributed by atoms with van der Waals surface area (Å²) in [7, 11) is -3.31. The average Bonchev–Trinajstić information content (AvgIpc) is 3.05. The van der Waals surface area contributed by atoms with E-state index in [1.165, 1.54) is 4.31 Å². The zero-order valence-electron chi connectivity index (χ0n) is 14.7. The molecule has 0 unspecified atom stereocenters. The van der Waals surface area contributed by atoms with Gasteiger partial charge in [0.25, 0.3) is 0 Å². The number of thioether (sulfide) groups is 1. The second-order valence-corrected chi connectivity index (χ2v) is 8.94. The third-order valence-corrected chi connectivity index (χ3v) is 6.73. The van der Waals surface area contributed by atoms with Gasteiger partial charge in [0.1, 0.15) is 0 Å². The molecule has 0 bridgehead atoms. The Labute approximate surface area is 158 Å². The molecule has 0 aliphatic carbocycles. The Bertz CT molecular complexity index is 929. The lowest BCUT2D eigenvalue weighted by Crippen LogP contribution is -2.30. The number of fused-ring (bicyclic) bond motifs is 1. The van der Waals surface area contributed by atoms with Crippen LogP contribution in [0.15, 0.2) is 47.4 Å². The number of amides is 2. The first-order chi connectivity index (χ1) is 12.4. The van der Waals surface area contributed by atoms with Crippen molar-refractivity contribution in [3.63, 3.8) is 0 Å². The second-order valence-electron chi connectivity index (χ2n) is 5.88. The summed E-state index contributed by atoms with van der Waals surface area (Å²) in [6.45, 7) is 2.08. The molecule has 26 heavy (non-hydrogen) atoms. The molecule has 0 radical (unpaired) electrons. The molecule has 138 valence electrons. The number of urea groups is 1. The Morgan fingerprint density at radius 1 is 1.15 bits per heavy atom. The van der Waals surface area contributed by atoms with Gasteiger partial charge >= 0.3 is 6.03 Å². The third kappa shape index (κ3) is 3.96. The van der Waals surface area contributed by atoms with Gasteiger partial charge in [0.2, 0.25) is 10.0 Å². The Balaban J connectivity index is 1.75. The molecule has 2 N–H and O–H groups in total. The molecule has 1 aliphatic heterocycles. The molecule has 6 nitrogen and oxygen atoms in total. The Morgan fingerprint density at radius 2 is 1.88 bits per heavy atom. The molecule has 2 aromatic carbocycles. The molecule has 2 aromatic rings.